The van der Waals surface area contributed by atoms with Crippen molar-refractivity contribution in [3.63, 3.8) is 0 Å². The molecule has 0 heterocycles. The summed E-state index contributed by atoms with van der Waals surface area (Å²) >= 11 is 0. The highest BCUT2D eigenvalue weighted by Crippen LogP contribution is 2.33. The highest BCUT2D eigenvalue weighted by Gasteiger charge is 2.09. The zero-order valence-electron chi connectivity index (χ0n) is 17.0. The lowest BCUT2D eigenvalue weighted by Crippen LogP contribution is -2.09. The van der Waals surface area contributed by atoms with E-state index in [1.165, 1.54) is 44.4 Å². The molecule has 0 saturated heterocycles. The molecule has 5 aromatic rings. The first kappa shape index (κ1) is 18.2. The molecule has 0 aliphatic rings. The predicted molar refractivity (Wildman–Crippen MR) is 129 cm³/mol. The molecule has 0 bridgehead atoms. The maximum absolute atomic E-state index is 2.27. The van der Waals surface area contributed by atoms with Crippen LogP contribution < -0.4 is 4.90 Å². The Morgan fingerprint density at radius 2 is 1.03 bits per heavy atom. The summed E-state index contributed by atoms with van der Waals surface area (Å²) in [6, 6.07) is 43.1. The van der Waals surface area contributed by atoms with Crippen molar-refractivity contribution in [2.75, 3.05) is 11.9 Å². The van der Waals surface area contributed by atoms with E-state index in [0.717, 1.165) is 0 Å². The van der Waals surface area contributed by atoms with Gasteiger partial charge in [-0.1, -0.05) is 97.1 Å². The van der Waals surface area contributed by atoms with Crippen LogP contribution in [0.25, 0.3) is 33.0 Å². The number of hydrogen-bond acceptors (Lipinski definition) is 1. The molecule has 0 unspecified atom stereocenters. The van der Waals surface area contributed by atoms with E-state index in [9.17, 15) is 0 Å². The molecule has 0 fully saturated rings. The first-order valence-corrected chi connectivity index (χ1v) is 10.3. The number of rotatable bonds is 4. The fourth-order valence-electron chi connectivity index (χ4n) is 4.03. The van der Waals surface area contributed by atoms with Crippen molar-refractivity contribution >= 4 is 22.1 Å². The highest BCUT2D eigenvalue weighted by molar-refractivity contribution is 5.97. The highest BCUT2D eigenvalue weighted by atomic mass is 15.1. The molecule has 144 valence electrons. The summed E-state index contributed by atoms with van der Waals surface area (Å²) in [6.45, 7) is 0. The van der Waals surface area contributed by atoms with E-state index in [1.807, 2.05) is 0 Å². The smallest absolute Gasteiger partial charge is 0.0414 e. The van der Waals surface area contributed by atoms with E-state index in [0.29, 0.717) is 0 Å². The van der Waals surface area contributed by atoms with Crippen molar-refractivity contribution in [2.24, 2.45) is 0 Å². The Hall–Kier alpha value is -3.84. The Bertz CT molecular complexity index is 1300. The minimum atomic E-state index is 1.17. The first-order valence-electron chi connectivity index (χ1n) is 10.3. The summed E-state index contributed by atoms with van der Waals surface area (Å²) in [5.41, 5.74) is 7.30. The Kier molecular flexibility index (Phi) is 4.78. The lowest BCUT2D eigenvalue weighted by Gasteiger charge is -2.21. The lowest BCUT2D eigenvalue weighted by molar-refractivity contribution is 1.21. The van der Waals surface area contributed by atoms with Crippen LogP contribution in [0.1, 0.15) is 0 Å². The fourth-order valence-corrected chi connectivity index (χ4v) is 4.03. The molecule has 0 spiro atoms. The zero-order valence-corrected chi connectivity index (χ0v) is 17.0. The molecular formula is C29H23N. The summed E-state index contributed by atoms with van der Waals surface area (Å²) in [5, 5.41) is 2.55. The molecule has 0 aromatic heterocycles. The molecule has 0 aliphatic heterocycles. The summed E-state index contributed by atoms with van der Waals surface area (Å²) in [4.78, 5) is 2.25. The Labute approximate surface area is 177 Å². The van der Waals surface area contributed by atoms with E-state index in [2.05, 4.69) is 133 Å². The maximum atomic E-state index is 2.27. The average Bonchev–Trinajstić information content (AvgIpc) is 2.84. The lowest BCUT2D eigenvalue weighted by atomic mass is 9.98. The van der Waals surface area contributed by atoms with Gasteiger partial charge in [0.05, 0.1) is 0 Å². The largest absolute Gasteiger partial charge is 0.345 e. The van der Waals surface area contributed by atoms with Gasteiger partial charge in [0.15, 0.2) is 0 Å². The second-order valence-corrected chi connectivity index (χ2v) is 7.55. The monoisotopic (exact) mass is 385 g/mol. The van der Waals surface area contributed by atoms with E-state index < -0.39 is 0 Å². The van der Waals surface area contributed by atoms with Crippen molar-refractivity contribution < 1.29 is 0 Å². The fraction of sp³-hybridized carbons (Fsp3) is 0.0345. The van der Waals surface area contributed by atoms with Crippen LogP contribution in [0.2, 0.25) is 0 Å². The molecule has 0 N–H and O–H groups in total. The van der Waals surface area contributed by atoms with Crippen LogP contribution in [0, 0.1) is 0 Å². The van der Waals surface area contributed by atoms with Gasteiger partial charge in [0, 0.05) is 18.4 Å². The van der Waals surface area contributed by atoms with Crippen molar-refractivity contribution in [1.29, 1.82) is 0 Å². The minimum absolute atomic E-state index is 1.17. The van der Waals surface area contributed by atoms with E-state index in [4.69, 9.17) is 0 Å². The van der Waals surface area contributed by atoms with Gasteiger partial charge in [0.25, 0.3) is 0 Å². The Morgan fingerprint density at radius 1 is 0.467 bits per heavy atom. The van der Waals surface area contributed by atoms with Gasteiger partial charge in [-0.3, -0.25) is 0 Å². The van der Waals surface area contributed by atoms with E-state index in [-0.39, 0.29) is 0 Å². The van der Waals surface area contributed by atoms with Gasteiger partial charge in [0.1, 0.15) is 0 Å². The van der Waals surface area contributed by atoms with Gasteiger partial charge >= 0.3 is 0 Å². The molecule has 0 amide bonds. The number of fused-ring (bicyclic) bond motifs is 1. The van der Waals surface area contributed by atoms with Crippen LogP contribution in [0.15, 0.2) is 121 Å². The third-order valence-corrected chi connectivity index (χ3v) is 5.67. The second-order valence-electron chi connectivity index (χ2n) is 7.55. The minimum Gasteiger partial charge on any atom is -0.345 e. The topological polar surface area (TPSA) is 3.24 Å². The standard InChI is InChI=1S/C29H23N/c1-30(26-16-7-14-24(20-26)22-10-3-2-4-11-22)27-17-8-15-25(21-27)29-19-9-13-23-12-5-6-18-28(23)29/h2-21H,1H3. The second kappa shape index (κ2) is 7.88. The van der Waals surface area contributed by atoms with Crippen LogP contribution in [0.5, 0.6) is 0 Å². The van der Waals surface area contributed by atoms with Crippen LogP contribution >= 0.6 is 0 Å². The SMILES string of the molecule is CN(c1cccc(-c2ccccc2)c1)c1cccc(-c2cccc3ccccc23)c1. The van der Waals surface area contributed by atoms with Gasteiger partial charge in [-0.25, -0.2) is 0 Å². The molecule has 0 aliphatic carbocycles. The van der Waals surface area contributed by atoms with Crippen LogP contribution in [0.4, 0.5) is 11.4 Å². The molecule has 5 aromatic carbocycles. The number of hydrogen-bond donors (Lipinski definition) is 0. The van der Waals surface area contributed by atoms with Gasteiger partial charge in [0.2, 0.25) is 0 Å². The third kappa shape index (κ3) is 3.46. The normalized spacial score (nSPS) is 10.8. The van der Waals surface area contributed by atoms with Gasteiger partial charge in [-0.2, -0.15) is 0 Å². The van der Waals surface area contributed by atoms with Crippen molar-refractivity contribution in [2.45, 2.75) is 0 Å². The van der Waals surface area contributed by atoms with Crippen molar-refractivity contribution in [1.82, 2.24) is 0 Å². The van der Waals surface area contributed by atoms with Gasteiger partial charge < -0.3 is 4.90 Å². The molecule has 5 rings (SSSR count). The van der Waals surface area contributed by atoms with Crippen LogP contribution in [-0.4, -0.2) is 7.05 Å². The van der Waals surface area contributed by atoms with Gasteiger partial charge in [-0.15, -0.1) is 0 Å². The average molecular weight is 386 g/mol. The van der Waals surface area contributed by atoms with Crippen LogP contribution in [-0.2, 0) is 0 Å². The molecule has 30 heavy (non-hydrogen) atoms. The third-order valence-electron chi connectivity index (χ3n) is 5.67. The summed E-state index contributed by atoms with van der Waals surface area (Å²) < 4.78 is 0. The number of anilines is 2. The molecule has 0 radical (unpaired) electrons. The number of benzene rings is 5. The van der Waals surface area contributed by atoms with Crippen molar-refractivity contribution in [3.8, 4) is 22.3 Å². The summed E-state index contributed by atoms with van der Waals surface area (Å²) in [5.74, 6) is 0. The summed E-state index contributed by atoms with van der Waals surface area (Å²) in [7, 11) is 2.13. The van der Waals surface area contributed by atoms with Crippen molar-refractivity contribution in [3.05, 3.63) is 121 Å². The van der Waals surface area contributed by atoms with E-state index in [1.54, 1.807) is 0 Å². The zero-order chi connectivity index (χ0) is 20.3. The van der Waals surface area contributed by atoms with Gasteiger partial charge in [-0.05, 0) is 57.3 Å². The maximum Gasteiger partial charge on any atom is 0.0414 e. The Morgan fingerprint density at radius 3 is 1.83 bits per heavy atom. The molecule has 0 saturated carbocycles. The molecule has 1 heteroatoms. The molecular weight excluding hydrogens is 362 g/mol. The quantitative estimate of drug-likeness (QED) is 0.303. The number of nitrogens with zero attached hydrogens (tertiary/aromatic N) is 1. The summed E-state index contributed by atoms with van der Waals surface area (Å²) in [6.07, 6.45) is 0. The van der Waals surface area contributed by atoms with E-state index >= 15 is 0 Å². The first-order chi connectivity index (χ1) is 14.8. The van der Waals surface area contributed by atoms with Crippen LogP contribution in [0.3, 0.4) is 0 Å². The molecule has 0 atom stereocenters. The Balaban J connectivity index is 1.53. The predicted octanol–water partition coefficient (Wildman–Crippen LogP) is 7.94. The molecule has 1 nitrogen and oxygen atoms in total.